The van der Waals surface area contributed by atoms with Crippen molar-refractivity contribution >= 4 is 44.7 Å². The summed E-state index contributed by atoms with van der Waals surface area (Å²) in [6.07, 6.45) is 0. The van der Waals surface area contributed by atoms with Crippen LogP contribution in [-0.4, -0.2) is 10.9 Å². The van der Waals surface area contributed by atoms with Crippen LogP contribution in [-0.2, 0) is 5.41 Å². The molecule has 0 aliphatic carbocycles. The lowest BCUT2D eigenvalue weighted by molar-refractivity contribution is 0.103. The second-order valence-electron chi connectivity index (χ2n) is 7.42. The molecule has 0 spiro atoms. The van der Waals surface area contributed by atoms with Crippen LogP contribution in [0.5, 0.6) is 0 Å². The van der Waals surface area contributed by atoms with E-state index in [1.54, 1.807) is 6.92 Å². The maximum atomic E-state index is 12.7. The van der Waals surface area contributed by atoms with E-state index >= 15 is 0 Å². The predicted octanol–water partition coefficient (Wildman–Crippen LogP) is 4.19. The fourth-order valence-corrected chi connectivity index (χ4v) is 3.96. The first-order chi connectivity index (χ1) is 12.6. The average Bonchev–Trinajstić information content (AvgIpc) is 2.91. The van der Waals surface area contributed by atoms with Crippen molar-refractivity contribution in [1.82, 2.24) is 4.98 Å². The van der Waals surface area contributed by atoms with Crippen LogP contribution in [0.25, 0.3) is 10.2 Å². The zero-order valence-electron chi connectivity index (χ0n) is 15.7. The van der Waals surface area contributed by atoms with E-state index in [2.05, 4.69) is 31.1 Å². The maximum absolute atomic E-state index is 12.7. The predicted molar refractivity (Wildman–Crippen MR) is 111 cm³/mol. The Labute approximate surface area is 161 Å². The topological polar surface area (TPSA) is 118 Å². The molecule has 0 fully saturated rings. The third kappa shape index (κ3) is 3.32. The number of carbonyl (C=O) groups excluding carboxylic acids is 1. The molecule has 3 aromatic rings. The van der Waals surface area contributed by atoms with Gasteiger partial charge in [-0.1, -0.05) is 32.9 Å². The number of fused-ring (bicyclic) bond motifs is 1. The molecule has 1 amide bonds. The lowest BCUT2D eigenvalue weighted by Gasteiger charge is -2.19. The van der Waals surface area contributed by atoms with E-state index in [4.69, 9.17) is 11.5 Å². The highest BCUT2D eigenvalue weighted by Crippen LogP contribution is 2.37. The molecule has 1 aromatic carbocycles. The van der Waals surface area contributed by atoms with Crippen LogP contribution in [0.4, 0.5) is 17.2 Å². The summed E-state index contributed by atoms with van der Waals surface area (Å²) in [6, 6.07) is 9.78. The fourth-order valence-electron chi connectivity index (χ4n) is 2.91. The quantitative estimate of drug-likeness (QED) is 0.617. The minimum Gasteiger partial charge on any atom is -0.397 e. The molecule has 0 aliphatic rings. The normalized spacial score (nSPS) is 11.4. The van der Waals surface area contributed by atoms with Crippen LogP contribution in [0, 0.1) is 18.3 Å². The Hall–Kier alpha value is -3.11. The molecule has 2 heterocycles. The highest BCUT2D eigenvalue weighted by atomic mass is 32.1. The molecule has 0 atom stereocenters. The third-order valence-electron chi connectivity index (χ3n) is 4.48. The molecule has 7 heteroatoms. The van der Waals surface area contributed by atoms with Gasteiger partial charge in [0.25, 0.3) is 5.91 Å². The van der Waals surface area contributed by atoms with Gasteiger partial charge >= 0.3 is 0 Å². The second-order valence-corrected chi connectivity index (χ2v) is 8.41. The number of aromatic nitrogens is 1. The number of amides is 1. The molecule has 0 saturated heterocycles. The summed E-state index contributed by atoms with van der Waals surface area (Å²) in [5.74, 6) is -0.163. The molecule has 3 rings (SSSR count). The molecule has 0 unspecified atom stereocenters. The van der Waals surface area contributed by atoms with E-state index in [0.717, 1.165) is 0 Å². The van der Waals surface area contributed by atoms with E-state index in [9.17, 15) is 10.1 Å². The maximum Gasteiger partial charge on any atom is 0.267 e. The Morgan fingerprint density at radius 1 is 1.22 bits per heavy atom. The van der Waals surface area contributed by atoms with E-state index in [-0.39, 0.29) is 22.7 Å². The van der Waals surface area contributed by atoms with Crippen LogP contribution >= 0.6 is 11.3 Å². The summed E-state index contributed by atoms with van der Waals surface area (Å²) in [5.41, 5.74) is 15.2. The highest BCUT2D eigenvalue weighted by molar-refractivity contribution is 7.21. The molecular weight excluding hydrogens is 358 g/mol. The molecule has 138 valence electrons. The summed E-state index contributed by atoms with van der Waals surface area (Å²) < 4.78 is 0. The Bertz CT molecular complexity index is 1080. The van der Waals surface area contributed by atoms with Gasteiger partial charge in [0.1, 0.15) is 21.6 Å². The number of nitrogens with zero attached hydrogens (tertiary/aromatic N) is 2. The van der Waals surface area contributed by atoms with Crippen LogP contribution in [0.3, 0.4) is 0 Å². The molecule has 5 N–H and O–H groups in total. The zero-order chi connectivity index (χ0) is 19.9. The lowest BCUT2D eigenvalue weighted by Crippen LogP contribution is -2.13. The van der Waals surface area contributed by atoms with Crippen molar-refractivity contribution in [3.05, 3.63) is 45.8 Å². The van der Waals surface area contributed by atoms with Gasteiger partial charge in [0.2, 0.25) is 0 Å². The number of benzene rings is 1. The number of thiophene rings is 1. The van der Waals surface area contributed by atoms with E-state index < -0.39 is 0 Å². The Balaban J connectivity index is 1.96. The Morgan fingerprint density at radius 3 is 2.41 bits per heavy atom. The van der Waals surface area contributed by atoms with Crippen molar-refractivity contribution in [3.63, 3.8) is 0 Å². The van der Waals surface area contributed by atoms with Crippen molar-refractivity contribution in [2.24, 2.45) is 0 Å². The number of aryl methyl sites for hydroxylation is 1. The standard InChI is InChI=1S/C20H21N5OS/c1-10-13(9-21)17(23)25-19-14(10)15(22)16(27-19)18(26)24-12-7-5-11(6-8-12)20(2,3)4/h5-8H,22H2,1-4H3,(H2,23,25)(H,24,26). The third-order valence-corrected chi connectivity index (χ3v) is 5.58. The van der Waals surface area contributed by atoms with Crippen LogP contribution < -0.4 is 16.8 Å². The van der Waals surface area contributed by atoms with Crippen LogP contribution in [0.2, 0.25) is 0 Å². The van der Waals surface area contributed by atoms with Gasteiger partial charge in [0.15, 0.2) is 0 Å². The number of nitrogen functional groups attached to an aromatic ring is 2. The number of hydrogen-bond donors (Lipinski definition) is 3. The molecule has 0 bridgehead atoms. The second kappa shape index (κ2) is 6.56. The van der Waals surface area contributed by atoms with E-state index in [0.29, 0.717) is 32.0 Å². The molecule has 2 aromatic heterocycles. The number of nitrogens with one attached hydrogen (secondary N) is 1. The summed E-state index contributed by atoms with van der Waals surface area (Å²) in [7, 11) is 0. The summed E-state index contributed by atoms with van der Waals surface area (Å²) in [5, 5.41) is 12.7. The fraction of sp³-hybridized carbons (Fsp3) is 0.250. The molecule has 6 nitrogen and oxygen atoms in total. The number of rotatable bonds is 2. The van der Waals surface area contributed by atoms with Gasteiger partial charge in [-0.05, 0) is 35.6 Å². The van der Waals surface area contributed by atoms with E-state index in [1.165, 1.54) is 16.9 Å². The van der Waals surface area contributed by atoms with Gasteiger partial charge < -0.3 is 16.8 Å². The number of nitrogens with two attached hydrogens (primary N) is 2. The SMILES string of the molecule is Cc1c(C#N)c(N)nc2sc(C(=O)Nc3ccc(C(C)(C)C)cc3)c(N)c12. The molecule has 0 aliphatic heterocycles. The molecule has 0 radical (unpaired) electrons. The minimum atomic E-state index is -0.310. The van der Waals surface area contributed by atoms with Crippen LogP contribution in [0.1, 0.15) is 47.1 Å². The monoisotopic (exact) mass is 379 g/mol. The van der Waals surface area contributed by atoms with Gasteiger partial charge in [-0.3, -0.25) is 4.79 Å². The zero-order valence-corrected chi connectivity index (χ0v) is 16.5. The van der Waals surface area contributed by atoms with Crippen molar-refractivity contribution in [2.75, 3.05) is 16.8 Å². The van der Waals surface area contributed by atoms with Gasteiger partial charge in [-0.25, -0.2) is 4.98 Å². The van der Waals surface area contributed by atoms with E-state index in [1.807, 2.05) is 30.3 Å². The number of nitriles is 1. The molecular formula is C20H21N5OS. The number of anilines is 3. The first-order valence-corrected chi connectivity index (χ1v) is 9.25. The minimum absolute atomic E-state index is 0.0417. The Kier molecular flexibility index (Phi) is 4.54. The van der Waals surface area contributed by atoms with Crippen molar-refractivity contribution in [3.8, 4) is 6.07 Å². The van der Waals surface area contributed by atoms with Crippen molar-refractivity contribution < 1.29 is 4.79 Å². The van der Waals surface area contributed by atoms with Crippen molar-refractivity contribution in [2.45, 2.75) is 33.1 Å². The average molecular weight is 379 g/mol. The molecule has 0 saturated carbocycles. The summed E-state index contributed by atoms with van der Waals surface area (Å²) in [6.45, 7) is 8.16. The summed E-state index contributed by atoms with van der Waals surface area (Å²) in [4.78, 5) is 17.9. The van der Waals surface area contributed by atoms with Gasteiger partial charge in [-0.2, -0.15) is 5.26 Å². The van der Waals surface area contributed by atoms with Crippen LogP contribution in [0.15, 0.2) is 24.3 Å². The highest BCUT2D eigenvalue weighted by Gasteiger charge is 2.22. The van der Waals surface area contributed by atoms with Gasteiger partial charge in [0, 0.05) is 11.1 Å². The lowest BCUT2D eigenvalue weighted by atomic mass is 9.87. The number of hydrogen-bond acceptors (Lipinski definition) is 6. The first kappa shape index (κ1) is 18.7. The molecule has 27 heavy (non-hydrogen) atoms. The Morgan fingerprint density at radius 2 is 1.85 bits per heavy atom. The smallest absolute Gasteiger partial charge is 0.267 e. The number of pyridine rings is 1. The van der Waals surface area contributed by atoms with Gasteiger partial charge in [-0.15, -0.1) is 11.3 Å². The number of carbonyl (C=O) groups is 1. The summed E-state index contributed by atoms with van der Waals surface area (Å²) >= 11 is 1.17. The van der Waals surface area contributed by atoms with Crippen molar-refractivity contribution in [1.29, 1.82) is 5.26 Å². The first-order valence-electron chi connectivity index (χ1n) is 8.43. The van der Waals surface area contributed by atoms with Gasteiger partial charge in [0.05, 0.1) is 11.3 Å². The largest absolute Gasteiger partial charge is 0.397 e.